The van der Waals surface area contributed by atoms with Crippen LogP contribution >= 0.6 is 11.3 Å². The van der Waals surface area contributed by atoms with Gasteiger partial charge in [-0.3, -0.25) is 0 Å². The zero-order valence-electron chi connectivity index (χ0n) is 19.9. The number of nitrogens with zero attached hydrogens (tertiary/aromatic N) is 3. The van der Waals surface area contributed by atoms with Gasteiger partial charge >= 0.3 is 0 Å². The summed E-state index contributed by atoms with van der Waals surface area (Å²) in [6.45, 7) is 4.63. The fraction of sp³-hybridized carbons (Fsp3) is 0.269. The largest absolute Gasteiger partial charge is 0.494 e. The van der Waals surface area contributed by atoms with Gasteiger partial charge in [-0.1, -0.05) is 12.1 Å². The lowest BCUT2D eigenvalue weighted by atomic mass is 10.2. The summed E-state index contributed by atoms with van der Waals surface area (Å²) >= 11 is 1.52. The molecule has 0 N–H and O–H groups in total. The van der Waals surface area contributed by atoms with Gasteiger partial charge in [0.2, 0.25) is 10.0 Å². The van der Waals surface area contributed by atoms with Crippen molar-refractivity contribution in [1.82, 2.24) is 8.87 Å². The topological polar surface area (TPSA) is 86.3 Å². The van der Waals surface area contributed by atoms with E-state index in [9.17, 15) is 8.42 Å². The predicted octanol–water partition coefficient (Wildman–Crippen LogP) is 4.51. The molecule has 0 aliphatic carbocycles. The molecule has 1 aliphatic heterocycles. The van der Waals surface area contributed by atoms with E-state index < -0.39 is 10.0 Å². The molecule has 1 aliphatic rings. The lowest BCUT2D eigenvalue weighted by Gasteiger charge is -2.26. The molecule has 0 atom stereocenters. The molecule has 2 aromatic heterocycles. The first-order valence-corrected chi connectivity index (χ1v) is 14.0. The summed E-state index contributed by atoms with van der Waals surface area (Å²) in [6.07, 6.45) is 1.65. The summed E-state index contributed by atoms with van der Waals surface area (Å²) in [6, 6.07) is 18.5. The monoisotopic (exact) mass is 525 g/mol. The molecule has 8 nitrogen and oxygen atoms in total. The maximum Gasteiger partial charge on any atom is 0.243 e. The second-order valence-electron chi connectivity index (χ2n) is 8.15. The summed E-state index contributed by atoms with van der Waals surface area (Å²) in [4.78, 5) is 5.94. The van der Waals surface area contributed by atoms with E-state index in [2.05, 4.69) is 4.57 Å². The molecule has 4 aromatic rings. The summed E-state index contributed by atoms with van der Waals surface area (Å²) in [5, 5.41) is 2.03. The fourth-order valence-corrected chi connectivity index (χ4v) is 6.32. The van der Waals surface area contributed by atoms with E-state index in [0.29, 0.717) is 39.5 Å². The Labute approximate surface area is 214 Å². The number of benzene rings is 2. The summed E-state index contributed by atoms with van der Waals surface area (Å²) in [7, 11) is -3.55. The van der Waals surface area contributed by atoms with Crippen molar-refractivity contribution in [3.63, 3.8) is 0 Å². The predicted molar refractivity (Wildman–Crippen MR) is 138 cm³/mol. The van der Waals surface area contributed by atoms with Crippen molar-refractivity contribution in [3.8, 4) is 17.0 Å². The number of hydrogen-bond acceptors (Lipinski definition) is 7. The molecule has 1 saturated heterocycles. The number of ether oxygens (including phenoxy) is 2. The number of hydrogen-bond donors (Lipinski definition) is 0. The minimum atomic E-state index is -3.55. The van der Waals surface area contributed by atoms with E-state index in [-0.39, 0.29) is 4.90 Å². The molecule has 0 saturated carbocycles. The van der Waals surface area contributed by atoms with Gasteiger partial charge in [-0.15, -0.1) is 11.3 Å². The molecular formula is C26H27N3O5S2. The zero-order valence-corrected chi connectivity index (χ0v) is 21.5. The Hall–Kier alpha value is -3.18. The van der Waals surface area contributed by atoms with Crippen LogP contribution < -0.4 is 9.54 Å². The fourth-order valence-electron chi connectivity index (χ4n) is 3.99. The van der Waals surface area contributed by atoms with Crippen molar-refractivity contribution in [1.29, 1.82) is 0 Å². The van der Waals surface area contributed by atoms with Gasteiger partial charge in [0, 0.05) is 18.5 Å². The van der Waals surface area contributed by atoms with Gasteiger partial charge < -0.3 is 18.5 Å². The van der Waals surface area contributed by atoms with Crippen LogP contribution in [-0.2, 0) is 21.3 Å². The molecule has 0 bridgehead atoms. The molecular weight excluding hydrogens is 498 g/mol. The first-order chi connectivity index (χ1) is 17.5. The summed E-state index contributed by atoms with van der Waals surface area (Å²) in [5.74, 6) is 1.60. The third-order valence-electron chi connectivity index (χ3n) is 5.82. The second-order valence-corrected chi connectivity index (χ2v) is 10.9. The summed E-state index contributed by atoms with van der Waals surface area (Å²) in [5.41, 5.74) is 2.63. The van der Waals surface area contributed by atoms with E-state index in [1.165, 1.54) is 15.6 Å². The molecule has 0 spiro atoms. The minimum Gasteiger partial charge on any atom is -0.494 e. The van der Waals surface area contributed by atoms with Crippen molar-refractivity contribution in [2.45, 2.75) is 18.4 Å². The van der Waals surface area contributed by atoms with Crippen molar-refractivity contribution in [2.75, 3.05) is 32.9 Å². The normalized spacial score (nSPS) is 15.3. The second kappa shape index (κ2) is 10.8. The molecule has 188 valence electrons. The highest BCUT2D eigenvalue weighted by molar-refractivity contribution is 7.89. The van der Waals surface area contributed by atoms with Crippen LogP contribution in [0.3, 0.4) is 0 Å². The smallest absolute Gasteiger partial charge is 0.243 e. The molecule has 2 aromatic carbocycles. The van der Waals surface area contributed by atoms with Crippen molar-refractivity contribution in [3.05, 3.63) is 82.9 Å². The van der Waals surface area contributed by atoms with Crippen LogP contribution in [0.2, 0.25) is 0 Å². The van der Waals surface area contributed by atoms with Gasteiger partial charge in [0.25, 0.3) is 0 Å². The van der Waals surface area contributed by atoms with Crippen molar-refractivity contribution < 1.29 is 22.3 Å². The molecule has 1 fully saturated rings. The number of morpholine rings is 1. The average molecular weight is 526 g/mol. The van der Waals surface area contributed by atoms with Gasteiger partial charge in [-0.05, 0) is 61.0 Å². The Morgan fingerprint density at radius 2 is 1.78 bits per heavy atom. The number of thiazole rings is 1. The van der Waals surface area contributed by atoms with Crippen LogP contribution in [0.5, 0.6) is 5.75 Å². The van der Waals surface area contributed by atoms with Crippen LogP contribution in [0, 0.1) is 0 Å². The number of furan rings is 1. The highest BCUT2D eigenvalue weighted by atomic mass is 32.2. The van der Waals surface area contributed by atoms with E-state index in [1.807, 2.05) is 60.8 Å². The van der Waals surface area contributed by atoms with E-state index in [0.717, 1.165) is 33.3 Å². The Balaban J connectivity index is 1.49. The Morgan fingerprint density at radius 1 is 1.03 bits per heavy atom. The summed E-state index contributed by atoms with van der Waals surface area (Å²) < 4.78 is 46.0. The quantitative estimate of drug-likeness (QED) is 0.338. The lowest BCUT2D eigenvalue weighted by molar-refractivity contribution is 0.0730. The van der Waals surface area contributed by atoms with Crippen LogP contribution in [0.1, 0.15) is 12.7 Å². The molecule has 0 radical (unpaired) electrons. The van der Waals surface area contributed by atoms with Crippen molar-refractivity contribution >= 4 is 27.0 Å². The number of sulfonamides is 1. The van der Waals surface area contributed by atoms with Crippen LogP contribution in [0.25, 0.3) is 11.3 Å². The molecule has 5 rings (SSSR count). The molecule has 0 amide bonds. The van der Waals surface area contributed by atoms with Gasteiger partial charge in [-0.2, -0.15) is 4.31 Å². The molecule has 3 heterocycles. The maximum absolute atomic E-state index is 13.0. The zero-order chi connectivity index (χ0) is 25.0. The van der Waals surface area contributed by atoms with Crippen molar-refractivity contribution in [2.24, 2.45) is 4.99 Å². The first kappa shape index (κ1) is 24.5. The highest BCUT2D eigenvalue weighted by Crippen LogP contribution is 2.26. The Morgan fingerprint density at radius 3 is 2.44 bits per heavy atom. The number of rotatable bonds is 8. The maximum atomic E-state index is 13.0. The standard InChI is InChI=1S/C26H27N3O5S2/c1-2-33-22-9-7-21(8-10-22)27-26-29(18-23-4-3-15-34-23)25(19-35-26)20-5-11-24(12-6-20)36(30,31)28-13-16-32-17-14-28/h3-12,15,19H,2,13-14,16-18H2,1H3. The average Bonchev–Trinajstić information content (AvgIpc) is 3.57. The highest BCUT2D eigenvalue weighted by Gasteiger charge is 2.26. The third kappa shape index (κ3) is 5.31. The van der Waals surface area contributed by atoms with Gasteiger partial charge in [-0.25, -0.2) is 13.4 Å². The molecule has 36 heavy (non-hydrogen) atoms. The van der Waals surface area contributed by atoms with Crippen LogP contribution in [0.4, 0.5) is 5.69 Å². The van der Waals surface area contributed by atoms with E-state index in [1.54, 1.807) is 18.4 Å². The molecule has 0 unspecified atom stereocenters. The van der Waals surface area contributed by atoms with Gasteiger partial charge in [0.15, 0.2) is 4.80 Å². The van der Waals surface area contributed by atoms with E-state index >= 15 is 0 Å². The van der Waals surface area contributed by atoms with Crippen LogP contribution in [-0.4, -0.2) is 50.2 Å². The van der Waals surface area contributed by atoms with E-state index in [4.69, 9.17) is 18.9 Å². The Kier molecular flexibility index (Phi) is 7.38. The first-order valence-electron chi connectivity index (χ1n) is 11.7. The Bertz CT molecular complexity index is 1450. The number of aromatic nitrogens is 1. The third-order valence-corrected chi connectivity index (χ3v) is 8.60. The minimum absolute atomic E-state index is 0.278. The van der Waals surface area contributed by atoms with Gasteiger partial charge in [0.05, 0.1) is 48.9 Å². The lowest BCUT2D eigenvalue weighted by Crippen LogP contribution is -2.40. The SMILES string of the molecule is CCOc1ccc(N=c2scc(-c3ccc(S(=O)(=O)N4CCOCC4)cc3)n2Cc2ccco2)cc1. The molecule has 10 heteroatoms. The van der Waals surface area contributed by atoms with Crippen LogP contribution in [0.15, 0.2) is 86.6 Å². The van der Waals surface area contributed by atoms with Gasteiger partial charge in [0.1, 0.15) is 11.5 Å².